The first-order valence-corrected chi connectivity index (χ1v) is 12.2. The van der Waals surface area contributed by atoms with Gasteiger partial charge in [-0.05, 0) is 36.4 Å². The third-order valence-electron chi connectivity index (χ3n) is 5.24. The minimum absolute atomic E-state index is 0.0947. The first kappa shape index (κ1) is 24.6. The molecule has 1 aliphatic heterocycles. The van der Waals surface area contributed by atoms with Crippen molar-refractivity contribution in [3.8, 4) is 11.5 Å². The van der Waals surface area contributed by atoms with E-state index in [4.69, 9.17) is 22.1 Å². The lowest BCUT2D eigenvalue weighted by molar-refractivity contribution is -0.137. The van der Waals surface area contributed by atoms with Crippen LogP contribution in [0.3, 0.4) is 0 Å². The lowest BCUT2D eigenvalue weighted by Crippen LogP contribution is -2.17. The zero-order valence-electron chi connectivity index (χ0n) is 17.9. The number of primary amides is 1. The molecule has 3 aromatic carbocycles. The number of fused-ring (bicyclic) bond motifs is 1. The highest BCUT2D eigenvalue weighted by Crippen LogP contribution is 2.44. The Morgan fingerprint density at radius 1 is 1.09 bits per heavy atom. The van der Waals surface area contributed by atoms with Gasteiger partial charge in [0.2, 0.25) is 5.91 Å². The molecule has 3 N–H and O–H groups in total. The van der Waals surface area contributed by atoms with Crippen molar-refractivity contribution in [2.75, 3.05) is 11.6 Å². The number of benzene rings is 3. The van der Waals surface area contributed by atoms with Crippen molar-refractivity contribution in [2.24, 2.45) is 10.7 Å². The van der Waals surface area contributed by atoms with Crippen LogP contribution in [0.1, 0.15) is 33.1 Å². The Balaban J connectivity index is 1.74. The van der Waals surface area contributed by atoms with Crippen LogP contribution in [0.25, 0.3) is 0 Å². The summed E-state index contributed by atoms with van der Waals surface area (Å²) in [4.78, 5) is 15.6. The average molecular weight is 524 g/mol. The molecule has 4 rings (SSSR count). The van der Waals surface area contributed by atoms with Crippen molar-refractivity contribution in [1.29, 1.82) is 0 Å². The summed E-state index contributed by atoms with van der Waals surface area (Å²) in [6, 6.07) is 11.2. The second-order valence-electron chi connectivity index (χ2n) is 7.67. The van der Waals surface area contributed by atoms with Gasteiger partial charge in [-0.3, -0.25) is 9.79 Å². The van der Waals surface area contributed by atoms with E-state index in [1.165, 1.54) is 48.8 Å². The van der Waals surface area contributed by atoms with E-state index in [1.54, 1.807) is 0 Å². The highest BCUT2D eigenvalue weighted by molar-refractivity contribution is 7.90. The molecule has 182 valence electrons. The second-order valence-corrected chi connectivity index (χ2v) is 10.1. The number of aliphatic imine (C=N–C) groups is 1. The van der Waals surface area contributed by atoms with Crippen molar-refractivity contribution >= 4 is 39.4 Å². The largest absolute Gasteiger partial charge is 0.457 e. The summed E-state index contributed by atoms with van der Waals surface area (Å²) in [5.41, 5.74) is 4.77. The molecule has 0 aromatic heterocycles. The van der Waals surface area contributed by atoms with Crippen LogP contribution in [0.4, 0.5) is 18.9 Å². The molecule has 7 nitrogen and oxygen atoms in total. The number of nitrogens with one attached hydrogen (secondary N) is 1. The maximum atomic E-state index is 13.5. The van der Waals surface area contributed by atoms with E-state index in [9.17, 15) is 26.4 Å². The van der Waals surface area contributed by atoms with Gasteiger partial charge in [-0.25, -0.2) is 8.42 Å². The summed E-state index contributed by atoms with van der Waals surface area (Å²) in [6.45, 7) is 0. The number of para-hydroxylation sites is 1. The predicted molar refractivity (Wildman–Crippen MR) is 125 cm³/mol. The molecule has 0 radical (unpaired) electrons. The summed E-state index contributed by atoms with van der Waals surface area (Å²) >= 11 is 6.37. The predicted octanol–water partition coefficient (Wildman–Crippen LogP) is 5.20. The monoisotopic (exact) mass is 523 g/mol. The molecule has 12 heteroatoms. The van der Waals surface area contributed by atoms with Gasteiger partial charge in [-0.2, -0.15) is 13.2 Å². The number of sulfone groups is 1. The zero-order chi connectivity index (χ0) is 25.5. The summed E-state index contributed by atoms with van der Waals surface area (Å²) in [7, 11) is -3.79. The molecular formula is C23H17ClF3N3O4S. The first-order chi connectivity index (χ1) is 16.4. The minimum Gasteiger partial charge on any atom is -0.457 e. The molecule has 3 aromatic rings. The average Bonchev–Trinajstić information content (AvgIpc) is 2.78. The van der Waals surface area contributed by atoms with Crippen molar-refractivity contribution in [3.63, 3.8) is 0 Å². The Morgan fingerprint density at radius 3 is 2.43 bits per heavy atom. The Morgan fingerprint density at radius 2 is 1.77 bits per heavy atom. The Kier molecular flexibility index (Phi) is 6.24. The zero-order valence-corrected chi connectivity index (χ0v) is 19.5. The van der Waals surface area contributed by atoms with Crippen LogP contribution in [0.2, 0.25) is 5.02 Å². The van der Waals surface area contributed by atoms with Crippen molar-refractivity contribution in [1.82, 2.24) is 0 Å². The number of rotatable bonds is 5. The van der Waals surface area contributed by atoms with Crippen LogP contribution in [0, 0.1) is 0 Å². The molecule has 1 amide bonds. The number of ether oxygens (including phenoxy) is 1. The lowest BCUT2D eigenvalue weighted by atomic mass is 9.94. The van der Waals surface area contributed by atoms with E-state index in [1.807, 2.05) is 0 Å². The Labute approximate surface area is 203 Å². The quantitative estimate of drug-likeness (QED) is 0.478. The standard InChI is InChI=1S/C23H17ClF3N3O4S/c1-35(32,33)19-10-13(5-7-14(19)22(28)31)34-12-6-8-18(24)16(9-12)20-15-3-2-4-17(23(25,26)27)21(15)30-11-29-20/h2-11,20H,1H3,(H2,28,31)(H,29,30). The maximum absolute atomic E-state index is 13.5. The molecule has 0 bridgehead atoms. The number of amides is 1. The van der Waals surface area contributed by atoms with Gasteiger partial charge >= 0.3 is 6.18 Å². The van der Waals surface area contributed by atoms with Gasteiger partial charge in [0.05, 0.1) is 28.0 Å². The van der Waals surface area contributed by atoms with Crippen molar-refractivity contribution in [3.05, 3.63) is 81.9 Å². The first-order valence-electron chi connectivity index (χ1n) is 9.96. The number of carbonyl (C=O) groups excluding carboxylic acids is 1. The van der Waals surface area contributed by atoms with Crippen molar-refractivity contribution in [2.45, 2.75) is 17.1 Å². The van der Waals surface area contributed by atoms with Gasteiger partial charge < -0.3 is 15.8 Å². The number of hydrogen-bond donors (Lipinski definition) is 2. The number of alkyl halides is 3. The molecule has 1 atom stereocenters. The number of anilines is 1. The fourth-order valence-corrected chi connectivity index (χ4v) is 4.83. The van der Waals surface area contributed by atoms with Gasteiger partial charge in [-0.15, -0.1) is 0 Å². The highest BCUT2D eigenvalue weighted by atomic mass is 35.5. The van der Waals surface area contributed by atoms with Crippen molar-refractivity contribution < 1.29 is 31.1 Å². The van der Waals surface area contributed by atoms with Gasteiger partial charge in [0, 0.05) is 28.5 Å². The van der Waals surface area contributed by atoms with Crippen LogP contribution in [0.15, 0.2) is 64.5 Å². The van der Waals surface area contributed by atoms with E-state index >= 15 is 0 Å². The van der Waals surface area contributed by atoms with Crippen LogP contribution in [0.5, 0.6) is 11.5 Å². The molecule has 1 unspecified atom stereocenters. The topological polar surface area (TPSA) is 111 Å². The molecule has 0 saturated carbocycles. The fourth-order valence-electron chi connectivity index (χ4n) is 3.71. The molecule has 1 heterocycles. The summed E-state index contributed by atoms with van der Waals surface area (Å²) in [5.74, 6) is -0.596. The molecular weight excluding hydrogens is 507 g/mol. The van der Waals surface area contributed by atoms with Gasteiger partial charge in [0.15, 0.2) is 9.84 Å². The smallest absolute Gasteiger partial charge is 0.418 e. The van der Waals surface area contributed by atoms with Crippen LogP contribution in [-0.2, 0) is 16.0 Å². The van der Waals surface area contributed by atoms with Gasteiger partial charge in [0.25, 0.3) is 0 Å². The molecule has 35 heavy (non-hydrogen) atoms. The summed E-state index contributed by atoms with van der Waals surface area (Å²) < 4.78 is 70.4. The van der Waals surface area contributed by atoms with Gasteiger partial charge in [0.1, 0.15) is 17.5 Å². The molecule has 0 spiro atoms. The molecule has 1 aliphatic rings. The number of hydrogen-bond acceptors (Lipinski definition) is 6. The van der Waals surface area contributed by atoms with E-state index < -0.39 is 33.5 Å². The minimum atomic E-state index is -4.57. The number of carbonyl (C=O) groups is 1. The fraction of sp³-hybridized carbons (Fsp3) is 0.130. The SMILES string of the molecule is CS(=O)(=O)c1cc(Oc2ccc(Cl)c(C3N=CNc4c3cccc4C(F)(F)F)c2)ccc1C(N)=O. The van der Waals surface area contributed by atoms with Crippen LogP contribution < -0.4 is 15.8 Å². The normalized spacial score (nSPS) is 15.3. The molecule has 0 fully saturated rings. The number of nitrogens with zero attached hydrogens (tertiary/aromatic N) is 1. The van der Waals surface area contributed by atoms with Crippen LogP contribution >= 0.6 is 11.6 Å². The van der Waals surface area contributed by atoms with E-state index in [0.717, 1.165) is 18.4 Å². The Hall–Kier alpha value is -3.57. The van der Waals surface area contributed by atoms with Gasteiger partial charge in [-0.1, -0.05) is 23.7 Å². The highest BCUT2D eigenvalue weighted by Gasteiger charge is 2.36. The third kappa shape index (κ3) is 4.96. The Bertz CT molecular complexity index is 1470. The van der Waals surface area contributed by atoms with E-state index in [2.05, 4.69) is 10.3 Å². The summed E-state index contributed by atoms with van der Waals surface area (Å²) in [6.07, 6.45) is -2.47. The molecule has 0 aliphatic carbocycles. The summed E-state index contributed by atoms with van der Waals surface area (Å²) in [5, 5.41) is 2.81. The molecule has 0 saturated heterocycles. The third-order valence-corrected chi connectivity index (χ3v) is 6.73. The maximum Gasteiger partial charge on any atom is 0.418 e. The second kappa shape index (κ2) is 8.90. The van der Waals surface area contributed by atoms with E-state index in [-0.39, 0.29) is 38.2 Å². The van der Waals surface area contributed by atoms with Crippen LogP contribution in [-0.4, -0.2) is 26.9 Å². The number of nitrogens with two attached hydrogens (primary N) is 1. The van der Waals surface area contributed by atoms with E-state index in [0.29, 0.717) is 5.56 Å². The lowest BCUT2D eigenvalue weighted by Gasteiger charge is -2.25. The number of halogens is 4.